The second kappa shape index (κ2) is 8.91. The number of unbranched alkanes of at least 4 members (excludes halogenated alkanes) is 1. The van der Waals surface area contributed by atoms with Crippen LogP contribution in [-0.2, 0) is 13.1 Å². The van der Waals surface area contributed by atoms with E-state index in [2.05, 4.69) is 17.9 Å². The Labute approximate surface area is 116 Å². The number of hydrogen-bond donors (Lipinski definition) is 2. The van der Waals surface area contributed by atoms with Gasteiger partial charge in [-0.3, -0.25) is 4.90 Å². The molecule has 0 atom stereocenters. The van der Waals surface area contributed by atoms with Crippen LogP contribution in [0.15, 0.2) is 18.2 Å². The molecule has 3 N–H and O–H groups in total. The third-order valence-electron chi connectivity index (χ3n) is 3.22. The van der Waals surface area contributed by atoms with Crippen molar-refractivity contribution in [2.75, 3.05) is 26.8 Å². The molecule has 0 spiro atoms. The van der Waals surface area contributed by atoms with Gasteiger partial charge in [0.25, 0.3) is 0 Å². The molecule has 4 heteroatoms. The van der Waals surface area contributed by atoms with Gasteiger partial charge in [-0.1, -0.05) is 25.5 Å². The van der Waals surface area contributed by atoms with E-state index in [1.54, 1.807) is 7.11 Å². The third-order valence-corrected chi connectivity index (χ3v) is 3.22. The molecule has 0 fully saturated rings. The van der Waals surface area contributed by atoms with Crippen molar-refractivity contribution in [3.8, 4) is 5.75 Å². The molecule has 0 saturated carbocycles. The van der Waals surface area contributed by atoms with Gasteiger partial charge in [0.05, 0.1) is 13.7 Å². The van der Waals surface area contributed by atoms with Crippen molar-refractivity contribution in [1.29, 1.82) is 0 Å². The maximum Gasteiger partial charge on any atom is 0.123 e. The minimum Gasteiger partial charge on any atom is -0.496 e. The number of aliphatic hydroxyl groups excluding tert-OH is 1. The summed E-state index contributed by atoms with van der Waals surface area (Å²) < 4.78 is 5.35. The van der Waals surface area contributed by atoms with Crippen LogP contribution in [0.25, 0.3) is 0 Å². The zero-order valence-corrected chi connectivity index (χ0v) is 12.1. The lowest BCUT2D eigenvalue weighted by Gasteiger charge is -2.21. The number of methoxy groups -OCH3 is 1. The van der Waals surface area contributed by atoms with Crippen LogP contribution in [0, 0.1) is 0 Å². The first kappa shape index (κ1) is 16.0. The fraction of sp³-hybridized carbons (Fsp3) is 0.600. The van der Waals surface area contributed by atoms with E-state index in [9.17, 15) is 0 Å². The first-order valence-corrected chi connectivity index (χ1v) is 6.94. The van der Waals surface area contributed by atoms with Crippen molar-refractivity contribution in [2.45, 2.75) is 32.9 Å². The average Bonchev–Trinajstić information content (AvgIpc) is 2.44. The number of aliphatic hydroxyl groups is 1. The molecule has 0 bridgehead atoms. The molecule has 4 nitrogen and oxygen atoms in total. The van der Waals surface area contributed by atoms with Gasteiger partial charge in [0.15, 0.2) is 0 Å². The monoisotopic (exact) mass is 266 g/mol. The predicted octanol–water partition coefficient (Wildman–Crippen LogP) is 1.75. The second-order valence-electron chi connectivity index (χ2n) is 4.70. The lowest BCUT2D eigenvalue weighted by Crippen LogP contribution is -2.27. The summed E-state index contributed by atoms with van der Waals surface area (Å²) in [7, 11) is 1.67. The van der Waals surface area contributed by atoms with Crippen LogP contribution < -0.4 is 10.5 Å². The number of hydrogen-bond acceptors (Lipinski definition) is 4. The minimum absolute atomic E-state index is 0.196. The van der Waals surface area contributed by atoms with E-state index in [-0.39, 0.29) is 6.61 Å². The van der Waals surface area contributed by atoms with Crippen LogP contribution in [0.1, 0.15) is 30.9 Å². The molecule has 1 aromatic rings. The standard InChI is InChI=1S/C15H26N2O2/c1-3-4-7-17(8-9-18)12-13-5-6-14(11-16)15(10-13)19-2/h5-6,10,18H,3-4,7-9,11-12,16H2,1-2H3. The van der Waals surface area contributed by atoms with Crippen LogP contribution in [-0.4, -0.2) is 36.8 Å². The average molecular weight is 266 g/mol. The lowest BCUT2D eigenvalue weighted by atomic mass is 10.1. The van der Waals surface area contributed by atoms with Crippen molar-refractivity contribution in [2.24, 2.45) is 5.73 Å². The molecule has 0 aromatic heterocycles. The molecule has 0 aliphatic heterocycles. The van der Waals surface area contributed by atoms with Crippen LogP contribution >= 0.6 is 0 Å². The molecule has 0 saturated heterocycles. The van der Waals surface area contributed by atoms with Gasteiger partial charge in [-0.2, -0.15) is 0 Å². The van der Waals surface area contributed by atoms with Gasteiger partial charge in [0, 0.05) is 25.2 Å². The first-order chi connectivity index (χ1) is 9.24. The van der Waals surface area contributed by atoms with Crippen LogP contribution in [0.2, 0.25) is 0 Å². The summed E-state index contributed by atoms with van der Waals surface area (Å²) in [6, 6.07) is 6.14. The Hall–Kier alpha value is -1.10. The van der Waals surface area contributed by atoms with E-state index in [0.717, 1.165) is 37.2 Å². The zero-order chi connectivity index (χ0) is 14.1. The van der Waals surface area contributed by atoms with Crippen molar-refractivity contribution in [3.63, 3.8) is 0 Å². The molecular weight excluding hydrogens is 240 g/mol. The van der Waals surface area contributed by atoms with Crippen molar-refractivity contribution < 1.29 is 9.84 Å². The maximum absolute atomic E-state index is 9.11. The number of nitrogens with zero attached hydrogens (tertiary/aromatic N) is 1. The Morgan fingerprint density at radius 2 is 2.11 bits per heavy atom. The van der Waals surface area contributed by atoms with Crippen molar-refractivity contribution in [3.05, 3.63) is 29.3 Å². The molecule has 1 aromatic carbocycles. The van der Waals surface area contributed by atoms with E-state index >= 15 is 0 Å². The Morgan fingerprint density at radius 1 is 1.32 bits per heavy atom. The molecule has 1 rings (SSSR count). The summed E-state index contributed by atoms with van der Waals surface area (Å²) in [6.07, 6.45) is 2.31. The number of ether oxygens (including phenoxy) is 1. The van der Waals surface area contributed by atoms with Gasteiger partial charge in [0.1, 0.15) is 5.75 Å². The molecule has 19 heavy (non-hydrogen) atoms. The number of benzene rings is 1. The highest BCUT2D eigenvalue weighted by Crippen LogP contribution is 2.20. The maximum atomic E-state index is 9.11. The summed E-state index contributed by atoms with van der Waals surface area (Å²) in [5.74, 6) is 0.847. The highest BCUT2D eigenvalue weighted by atomic mass is 16.5. The van der Waals surface area contributed by atoms with Gasteiger partial charge >= 0.3 is 0 Å². The van der Waals surface area contributed by atoms with Crippen LogP contribution in [0.5, 0.6) is 5.75 Å². The van der Waals surface area contributed by atoms with Crippen LogP contribution in [0.3, 0.4) is 0 Å². The van der Waals surface area contributed by atoms with Gasteiger partial charge in [-0.15, -0.1) is 0 Å². The Balaban J connectivity index is 2.72. The molecule has 0 unspecified atom stereocenters. The molecule has 0 aliphatic rings. The molecule has 0 aliphatic carbocycles. The van der Waals surface area contributed by atoms with Crippen molar-refractivity contribution >= 4 is 0 Å². The summed E-state index contributed by atoms with van der Waals surface area (Å²) in [5.41, 5.74) is 7.88. The highest BCUT2D eigenvalue weighted by molar-refractivity contribution is 5.37. The van der Waals surface area contributed by atoms with Gasteiger partial charge in [-0.05, 0) is 24.6 Å². The van der Waals surface area contributed by atoms with E-state index in [1.165, 1.54) is 5.56 Å². The number of nitrogens with two attached hydrogens (primary N) is 1. The molecule has 108 valence electrons. The van der Waals surface area contributed by atoms with E-state index in [1.807, 2.05) is 12.1 Å². The van der Waals surface area contributed by atoms with E-state index < -0.39 is 0 Å². The predicted molar refractivity (Wildman–Crippen MR) is 78.2 cm³/mol. The minimum atomic E-state index is 0.196. The van der Waals surface area contributed by atoms with Gasteiger partial charge in [0.2, 0.25) is 0 Å². The van der Waals surface area contributed by atoms with Gasteiger partial charge < -0.3 is 15.6 Å². The summed E-state index contributed by atoms with van der Waals surface area (Å²) in [6.45, 7) is 5.41. The molecule has 0 radical (unpaired) electrons. The third kappa shape index (κ3) is 5.19. The fourth-order valence-corrected chi connectivity index (χ4v) is 2.11. The Morgan fingerprint density at radius 3 is 2.68 bits per heavy atom. The highest BCUT2D eigenvalue weighted by Gasteiger charge is 2.08. The normalized spacial score (nSPS) is 11.0. The van der Waals surface area contributed by atoms with Gasteiger partial charge in [-0.25, -0.2) is 0 Å². The summed E-state index contributed by atoms with van der Waals surface area (Å²) >= 11 is 0. The largest absolute Gasteiger partial charge is 0.496 e. The van der Waals surface area contributed by atoms with E-state index in [0.29, 0.717) is 13.1 Å². The fourth-order valence-electron chi connectivity index (χ4n) is 2.11. The molecule has 0 amide bonds. The lowest BCUT2D eigenvalue weighted by molar-refractivity contribution is 0.188. The number of rotatable bonds is 9. The Bertz CT molecular complexity index is 369. The summed E-state index contributed by atoms with van der Waals surface area (Å²) in [4.78, 5) is 2.26. The first-order valence-electron chi connectivity index (χ1n) is 6.94. The molecular formula is C15H26N2O2. The quantitative estimate of drug-likeness (QED) is 0.715. The topological polar surface area (TPSA) is 58.7 Å². The van der Waals surface area contributed by atoms with E-state index in [4.69, 9.17) is 15.6 Å². The zero-order valence-electron chi connectivity index (χ0n) is 12.1. The SMILES string of the molecule is CCCCN(CCO)Cc1ccc(CN)c(OC)c1. The van der Waals surface area contributed by atoms with Crippen LogP contribution in [0.4, 0.5) is 0 Å². The van der Waals surface area contributed by atoms with Crippen molar-refractivity contribution in [1.82, 2.24) is 4.90 Å². The Kier molecular flexibility index (Phi) is 7.48. The smallest absolute Gasteiger partial charge is 0.123 e. The summed E-state index contributed by atoms with van der Waals surface area (Å²) in [5, 5.41) is 9.11. The second-order valence-corrected chi connectivity index (χ2v) is 4.70. The molecule has 0 heterocycles.